The van der Waals surface area contributed by atoms with Crippen LogP contribution < -0.4 is 5.32 Å². The van der Waals surface area contributed by atoms with Crippen LogP contribution in [0.4, 0.5) is 5.00 Å². The lowest BCUT2D eigenvalue weighted by Gasteiger charge is -2.08. The molecule has 23 heavy (non-hydrogen) atoms. The highest BCUT2D eigenvalue weighted by molar-refractivity contribution is 9.10. The fourth-order valence-electron chi connectivity index (χ4n) is 2.25. The first-order valence-electron chi connectivity index (χ1n) is 7.31. The van der Waals surface area contributed by atoms with Crippen LogP contribution >= 0.6 is 27.3 Å². The zero-order valence-electron chi connectivity index (χ0n) is 13.2. The zero-order valence-corrected chi connectivity index (χ0v) is 15.6. The lowest BCUT2D eigenvalue weighted by atomic mass is 10.00. The van der Waals surface area contributed by atoms with Crippen molar-refractivity contribution >= 4 is 44.1 Å². The first-order chi connectivity index (χ1) is 11.0. The molecule has 0 saturated carbocycles. The van der Waals surface area contributed by atoms with Crippen molar-refractivity contribution in [3.05, 3.63) is 39.2 Å². The second kappa shape index (κ2) is 7.75. The van der Waals surface area contributed by atoms with Gasteiger partial charge in [-0.3, -0.25) is 4.79 Å². The molecule has 2 aromatic rings. The van der Waals surface area contributed by atoms with Gasteiger partial charge in [0.2, 0.25) is 5.91 Å². The second-order valence-electron chi connectivity index (χ2n) is 4.86. The predicted octanol–water partition coefficient (Wildman–Crippen LogP) is 4.88. The summed E-state index contributed by atoms with van der Waals surface area (Å²) < 4.78 is 5.91. The highest BCUT2D eigenvalue weighted by Gasteiger charge is 2.25. The van der Waals surface area contributed by atoms with Crippen LogP contribution in [0.25, 0.3) is 11.1 Å². The Balaban J connectivity index is 2.64. The Hall–Kier alpha value is -1.66. The molecule has 6 heteroatoms. The summed E-state index contributed by atoms with van der Waals surface area (Å²) >= 11 is 4.84. The number of hydrogen-bond acceptors (Lipinski definition) is 4. The number of amides is 1. The fraction of sp³-hybridized carbons (Fsp3) is 0.294. The number of carbonyl (C=O) groups is 2. The number of carbonyl (C=O) groups excluding carboxylic acids is 2. The molecule has 0 radical (unpaired) electrons. The Morgan fingerprint density at radius 1 is 1.22 bits per heavy atom. The van der Waals surface area contributed by atoms with Gasteiger partial charge in [0.05, 0.1) is 7.11 Å². The van der Waals surface area contributed by atoms with Crippen molar-refractivity contribution in [1.29, 1.82) is 0 Å². The molecule has 1 amide bonds. The molecule has 0 unspecified atom stereocenters. The van der Waals surface area contributed by atoms with Crippen molar-refractivity contribution in [2.75, 3.05) is 12.4 Å². The van der Waals surface area contributed by atoms with Gasteiger partial charge in [-0.15, -0.1) is 11.3 Å². The van der Waals surface area contributed by atoms with Crippen molar-refractivity contribution < 1.29 is 14.3 Å². The predicted molar refractivity (Wildman–Crippen MR) is 97.1 cm³/mol. The van der Waals surface area contributed by atoms with Crippen LogP contribution in [0, 0.1) is 0 Å². The molecule has 4 nitrogen and oxygen atoms in total. The Labute approximate surface area is 148 Å². The lowest BCUT2D eigenvalue weighted by Crippen LogP contribution is -2.12. The van der Waals surface area contributed by atoms with Gasteiger partial charge >= 0.3 is 5.97 Å². The largest absolute Gasteiger partial charge is 0.465 e. The van der Waals surface area contributed by atoms with Crippen molar-refractivity contribution in [2.24, 2.45) is 0 Å². The molecular formula is C17H18BrNO3S. The number of ether oxygens (including phenoxy) is 1. The normalized spacial score (nSPS) is 10.4. The summed E-state index contributed by atoms with van der Waals surface area (Å²) in [7, 11) is 1.35. The van der Waals surface area contributed by atoms with E-state index in [0.717, 1.165) is 26.9 Å². The van der Waals surface area contributed by atoms with Crippen LogP contribution in [-0.4, -0.2) is 19.0 Å². The van der Waals surface area contributed by atoms with Crippen molar-refractivity contribution in [3.63, 3.8) is 0 Å². The summed E-state index contributed by atoms with van der Waals surface area (Å²) in [5.74, 6) is -0.563. The first kappa shape index (κ1) is 17.7. The van der Waals surface area contributed by atoms with Gasteiger partial charge in [-0.25, -0.2) is 4.79 Å². The molecule has 0 fully saturated rings. The van der Waals surface area contributed by atoms with Gasteiger partial charge in [-0.05, 0) is 24.1 Å². The molecular weight excluding hydrogens is 378 g/mol. The highest BCUT2D eigenvalue weighted by atomic mass is 79.9. The Morgan fingerprint density at radius 3 is 2.39 bits per heavy atom. The molecule has 0 aliphatic heterocycles. The monoisotopic (exact) mass is 395 g/mol. The van der Waals surface area contributed by atoms with Crippen molar-refractivity contribution in [2.45, 2.75) is 26.7 Å². The van der Waals surface area contributed by atoms with E-state index in [9.17, 15) is 9.59 Å². The Morgan fingerprint density at radius 2 is 1.87 bits per heavy atom. The number of halogens is 1. The van der Waals surface area contributed by atoms with Gasteiger partial charge in [0.25, 0.3) is 0 Å². The van der Waals surface area contributed by atoms with Crippen LogP contribution in [0.5, 0.6) is 0 Å². The fourth-order valence-corrected chi connectivity index (χ4v) is 3.68. The number of nitrogens with one attached hydrogen (secondary N) is 1. The van der Waals surface area contributed by atoms with E-state index in [0.29, 0.717) is 17.0 Å². The summed E-state index contributed by atoms with van der Waals surface area (Å²) in [6, 6.07) is 7.75. The Kier molecular flexibility index (Phi) is 5.96. The molecule has 1 heterocycles. The minimum atomic E-state index is -0.440. The van der Waals surface area contributed by atoms with Gasteiger partial charge in [0.1, 0.15) is 10.6 Å². The standard InChI is InChI=1S/C17H18BrNO3S/c1-4-12-14(10-6-8-11(18)9-7-10)15(17(21)22-3)16(23-12)19-13(20)5-2/h6-9H,4-5H2,1-3H3,(H,19,20). The van der Waals surface area contributed by atoms with Crippen LogP contribution in [-0.2, 0) is 16.0 Å². The summed E-state index contributed by atoms with van der Waals surface area (Å²) in [5.41, 5.74) is 2.19. The van der Waals surface area contributed by atoms with Gasteiger partial charge in [0, 0.05) is 21.3 Å². The van der Waals surface area contributed by atoms with E-state index in [1.807, 2.05) is 31.2 Å². The van der Waals surface area contributed by atoms with E-state index in [4.69, 9.17) is 4.74 Å². The molecule has 2 rings (SSSR count). The first-order valence-corrected chi connectivity index (χ1v) is 8.92. The van der Waals surface area contributed by atoms with E-state index in [1.165, 1.54) is 18.4 Å². The van der Waals surface area contributed by atoms with Crippen LogP contribution in [0.15, 0.2) is 28.7 Å². The zero-order chi connectivity index (χ0) is 17.0. The molecule has 0 bridgehead atoms. The minimum absolute atomic E-state index is 0.124. The topological polar surface area (TPSA) is 55.4 Å². The third kappa shape index (κ3) is 3.82. The average Bonchev–Trinajstić information content (AvgIpc) is 2.92. The number of hydrogen-bond donors (Lipinski definition) is 1. The molecule has 0 atom stereocenters. The molecule has 122 valence electrons. The molecule has 0 aliphatic rings. The Bertz CT molecular complexity index is 722. The van der Waals surface area contributed by atoms with E-state index in [2.05, 4.69) is 21.2 Å². The van der Waals surface area contributed by atoms with Gasteiger partial charge in [-0.1, -0.05) is 41.9 Å². The van der Waals surface area contributed by atoms with E-state index < -0.39 is 5.97 Å². The number of esters is 1. The number of methoxy groups -OCH3 is 1. The van der Waals surface area contributed by atoms with Crippen molar-refractivity contribution in [3.8, 4) is 11.1 Å². The van der Waals surface area contributed by atoms with Crippen LogP contribution in [0.1, 0.15) is 35.5 Å². The summed E-state index contributed by atoms with van der Waals surface area (Å²) in [6.07, 6.45) is 1.12. The van der Waals surface area contributed by atoms with Gasteiger partial charge in [0.15, 0.2) is 0 Å². The number of anilines is 1. The third-order valence-corrected chi connectivity index (χ3v) is 5.18. The maximum absolute atomic E-state index is 12.3. The molecule has 1 aromatic carbocycles. The molecule has 0 aliphatic carbocycles. The van der Waals surface area contributed by atoms with E-state index in [1.54, 1.807) is 6.92 Å². The minimum Gasteiger partial charge on any atom is -0.465 e. The van der Waals surface area contributed by atoms with Crippen molar-refractivity contribution in [1.82, 2.24) is 0 Å². The SMILES string of the molecule is CCC(=O)Nc1sc(CC)c(-c2ccc(Br)cc2)c1C(=O)OC. The molecule has 1 aromatic heterocycles. The lowest BCUT2D eigenvalue weighted by molar-refractivity contribution is -0.115. The third-order valence-electron chi connectivity index (χ3n) is 3.40. The summed E-state index contributed by atoms with van der Waals surface area (Å²) in [5, 5.41) is 3.38. The highest BCUT2D eigenvalue weighted by Crippen LogP contribution is 2.41. The number of aryl methyl sites for hydroxylation is 1. The molecule has 0 saturated heterocycles. The molecule has 1 N–H and O–H groups in total. The van der Waals surface area contributed by atoms with Gasteiger partial charge in [-0.2, -0.15) is 0 Å². The summed E-state index contributed by atoms with van der Waals surface area (Å²) in [6.45, 7) is 3.80. The second-order valence-corrected chi connectivity index (χ2v) is 6.88. The smallest absolute Gasteiger partial charge is 0.341 e. The number of rotatable bonds is 5. The van der Waals surface area contributed by atoms with Crippen LogP contribution in [0.2, 0.25) is 0 Å². The maximum Gasteiger partial charge on any atom is 0.341 e. The quantitative estimate of drug-likeness (QED) is 0.734. The van der Waals surface area contributed by atoms with E-state index in [-0.39, 0.29) is 5.91 Å². The van der Waals surface area contributed by atoms with E-state index >= 15 is 0 Å². The van der Waals surface area contributed by atoms with Crippen LogP contribution in [0.3, 0.4) is 0 Å². The number of thiophene rings is 1. The maximum atomic E-state index is 12.3. The number of benzene rings is 1. The summed E-state index contributed by atoms with van der Waals surface area (Å²) in [4.78, 5) is 25.1. The average molecular weight is 396 g/mol. The molecule has 0 spiro atoms. The van der Waals surface area contributed by atoms with Gasteiger partial charge < -0.3 is 10.1 Å².